The fraction of sp³-hybridized carbons (Fsp3) is 0.188. The quantitative estimate of drug-likeness (QED) is 0.901. The largest absolute Gasteiger partial charge is 0.497 e. The zero-order chi connectivity index (χ0) is 14.5. The van der Waals surface area contributed by atoms with E-state index >= 15 is 0 Å². The molecule has 1 atom stereocenters. The molecule has 0 heterocycles. The van der Waals surface area contributed by atoms with E-state index in [0.29, 0.717) is 0 Å². The zero-order valence-corrected chi connectivity index (χ0v) is 12.9. The lowest BCUT2D eigenvalue weighted by Crippen LogP contribution is -2.09. The molecular formula is C16H15BrN2O. The van der Waals surface area contributed by atoms with Gasteiger partial charge in [0.05, 0.1) is 13.2 Å². The summed E-state index contributed by atoms with van der Waals surface area (Å²) in [5.41, 5.74) is 2.95. The van der Waals surface area contributed by atoms with E-state index in [1.165, 1.54) is 5.56 Å². The fourth-order valence-electron chi connectivity index (χ4n) is 1.87. The van der Waals surface area contributed by atoms with Crippen LogP contribution in [0.2, 0.25) is 0 Å². The molecule has 3 nitrogen and oxygen atoms in total. The number of ether oxygens (including phenoxy) is 1. The number of nitriles is 1. The van der Waals surface area contributed by atoms with Crippen molar-refractivity contribution < 1.29 is 4.74 Å². The lowest BCUT2D eigenvalue weighted by Gasteiger charge is -2.16. The summed E-state index contributed by atoms with van der Waals surface area (Å²) < 4.78 is 6.09. The summed E-state index contributed by atoms with van der Waals surface area (Å²) in [4.78, 5) is 0. The topological polar surface area (TPSA) is 45.0 Å². The Bertz CT molecular complexity index is 632. The average Bonchev–Trinajstić information content (AvgIpc) is 2.47. The number of benzene rings is 2. The van der Waals surface area contributed by atoms with Crippen molar-refractivity contribution in [2.45, 2.75) is 13.0 Å². The van der Waals surface area contributed by atoms with Gasteiger partial charge in [0.1, 0.15) is 11.8 Å². The summed E-state index contributed by atoms with van der Waals surface area (Å²) in [5, 5.41) is 12.6. The second-order valence-electron chi connectivity index (χ2n) is 4.46. The maximum absolute atomic E-state index is 9.41. The minimum Gasteiger partial charge on any atom is -0.497 e. The first-order valence-electron chi connectivity index (χ1n) is 6.20. The molecule has 0 aliphatic rings. The van der Waals surface area contributed by atoms with Gasteiger partial charge in [0.2, 0.25) is 0 Å². The van der Waals surface area contributed by atoms with Gasteiger partial charge < -0.3 is 10.1 Å². The van der Waals surface area contributed by atoms with Crippen molar-refractivity contribution in [3.8, 4) is 11.8 Å². The maximum atomic E-state index is 9.41. The number of aryl methyl sites for hydroxylation is 1. The molecule has 0 fully saturated rings. The second kappa shape index (κ2) is 6.44. The minimum atomic E-state index is -0.442. The number of hydrogen-bond acceptors (Lipinski definition) is 3. The van der Waals surface area contributed by atoms with Crippen LogP contribution in [0.15, 0.2) is 46.9 Å². The molecular weight excluding hydrogens is 316 g/mol. The first-order valence-corrected chi connectivity index (χ1v) is 6.99. The van der Waals surface area contributed by atoms with Crippen molar-refractivity contribution in [2.24, 2.45) is 0 Å². The van der Waals surface area contributed by atoms with E-state index in [4.69, 9.17) is 4.74 Å². The molecule has 1 unspecified atom stereocenters. The zero-order valence-electron chi connectivity index (χ0n) is 11.4. The van der Waals surface area contributed by atoms with E-state index in [0.717, 1.165) is 21.5 Å². The number of nitrogens with zero attached hydrogens (tertiary/aromatic N) is 1. The first-order chi connectivity index (χ1) is 9.63. The number of nitrogens with one attached hydrogen (secondary N) is 1. The molecule has 0 aromatic heterocycles. The van der Waals surface area contributed by atoms with Gasteiger partial charge in [0.15, 0.2) is 0 Å². The Morgan fingerprint density at radius 1 is 1.20 bits per heavy atom. The normalized spacial score (nSPS) is 11.5. The molecule has 0 saturated carbocycles. The molecule has 0 saturated heterocycles. The molecule has 4 heteroatoms. The SMILES string of the molecule is COc1ccc(Br)c(C(C#N)Nc2ccc(C)cc2)c1. The van der Waals surface area contributed by atoms with Crippen molar-refractivity contribution in [1.82, 2.24) is 0 Å². The Morgan fingerprint density at radius 3 is 2.50 bits per heavy atom. The van der Waals surface area contributed by atoms with E-state index in [2.05, 4.69) is 27.3 Å². The fourth-order valence-corrected chi connectivity index (χ4v) is 2.34. The van der Waals surface area contributed by atoms with Crippen LogP contribution in [-0.2, 0) is 0 Å². The molecule has 0 amide bonds. The van der Waals surface area contributed by atoms with Crippen LogP contribution in [0, 0.1) is 18.3 Å². The van der Waals surface area contributed by atoms with Gasteiger partial charge >= 0.3 is 0 Å². The Labute approximate surface area is 127 Å². The van der Waals surface area contributed by atoms with Crippen LogP contribution in [-0.4, -0.2) is 7.11 Å². The lowest BCUT2D eigenvalue weighted by molar-refractivity contribution is 0.414. The van der Waals surface area contributed by atoms with Crippen LogP contribution in [0.5, 0.6) is 5.75 Å². The summed E-state index contributed by atoms with van der Waals surface area (Å²) in [7, 11) is 1.61. The van der Waals surface area contributed by atoms with E-state index in [1.54, 1.807) is 7.11 Å². The minimum absolute atomic E-state index is 0.442. The summed E-state index contributed by atoms with van der Waals surface area (Å²) in [6.07, 6.45) is 0. The Balaban J connectivity index is 2.28. The van der Waals surface area contributed by atoms with Crippen LogP contribution >= 0.6 is 15.9 Å². The van der Waals surface area contributed by atoms with Crippen molar-refractivity contribution in [3.05, 3.63) is 58.1 Å². The van der Waals surface area contributed by atoms with Gasteiger partial charge in [-0.05, 0) is 37.3 Å². The van der Waals surface area contributed by atoms with Gasteiger partial charge in [0, 0.05) is 15.7 Å². The van der Waals surface area contributed by atoms with Crippen molar-refractivity contribution >= 4 is 21.6 Å². The van der Waals surface area contributed by atoms with Gasteiger partial charge in [-0.3, -0.25) is 0 Å². The van der Waals surface area contributed by atoms with Crippen molar-refractivity contribution in [3.63, 3.8) is 0 Å². The van der Waals surface area contributed by atoms with Gasteiger partial charge in [-0.15, -0.1) is 0 Å². The number of halogens is 1. The van der Waals surface area contributed by atoms with E-state index in [9.17, 15) is 5.26 Å². The first kappa shape index (κ1) is 14.4. The van der Waals surface area contributed by atoms with Gasteiger partial charge in [-0.2, -0.15) is 5.26 Å². The Hall–Kier alpha value is -1.99. The number of rotatable bonds is 4. The van der Waals surface area contributed by atoms with Crippen LogP contribution in [0.1, 0.15) is 17.2 Å². The van der Waals surface area contributed by atoms with Crippen LogP contribution in [0.3, 0.4) is 0 Å². The van der Waals surface area contributed by atoms with Crippen LogP contribution in [0.25, 0.3) is 0 Å². The van der Waals surface area contributed by atoms with E-state index in [1.807, 2.05) is 49.4 Å². The van der Waals surface area contributed by atoms with Crippen molar-refractivity contribution in [2.75, 3.05) is 12.4 Å². The van der Waals surface area contributed by atoms with E-state index < -0.39 is 6.04 Å². The summed E-state index contributed by atoms with van der Waals surface area (Å²) >= 11 is 3.48. The summed E-state index contributed by atoms with van der Waals surface area (Å²) in [6.45, 7) is 2.03. The molecule has 2 aromatic rings. The molecule has 102 valence electrons. The maximum Gasteiger partial charge on any atom is 0.141 e. The number of methoxy groups -OCH3 is 1. The highest BCUT2D eigenvalue weighted by Crippen LogP contribution is 2.29. The molecule has 2 rings (SSSR count). The Morgan fingerprint density at radius 2 is 1.90 bits per heavy atom. The summed E-state index contributed by atoms with van der Waals surface area (Å²) in [6, 6.07) is 15.4. The van der Waals surface area contributed by atoms with Gasteiger partial charge in [-0.25, -0.2) is 0 Å². The predicted molar refractivity (Wildman–Crippen MR) is 83.8 cm³/mol. The molecule has 0 aliphatic carbocycles. The molecule has 0 aliphatic heterocycles. The molecule has 2 aromatic carbocycles. The Kier molecular flexibility index (Phi) is 4.65. The van der Waals surface area contributed by atoms with Gasteiger partial charge in [0.25, 0.3) is 0 Å². The molecule has 0 bridgehead atoms. The van der Waals surface area contributed by atoms with Crippen LogP contribution < -0.4 is 10.1 Å². The third-order valence-corrected chi connectivity index (χ3v) is 3.73. The third-order valence-electron chi connectivity index (χ3n) is 3.01. The van der Waals surface area contributed by atoms with Crippen molar-refractivity contribution in [1.29, 1.82) is 5.26 Å². The van der Waals surface area contributed by atoms with Gasteiger partial charge in [-0.1, -0.05) is 33.6 Å². The highest BCUT2D eigenvalue weighted by molar-refractivity contribution is 9.10. The third kappa shape index (κ3) is 3.31. The molecule has 0 spiro atoms. The highest BCUT2D eigenvalue weighted by atomic mass is 79.9. The monoisotopic (exact) mass is 330 g/mol. The lowest BCUT2D eigenvalue weighted by atomic mass is 10.1. The van der Waals surface area contributed by atoms with Crippen LogP contribution in [0.4, 0.5) is 5.69 Å². The smallest absolute Gasteiger partial charge is 0.141 e. The molecule has 20 heavy (non-hydrogen) atoms. The summed E-state index contributed by atoms with van der Waals surface area (Å²) in [5.74, 6) is 0.731. The predicted octanol–water partition coefficient (Wildman–Crippen LogP) is 4.44. The number of anilines is 1. The molecule has 1 N–H and O–H groups in total. The standard InChI is InChI=1S/C16H15BrN2O/c1-11-3-5-12(6-4-11)19-16(10-18)14-9-13(20-2)7-8-15(14)17/h3-9,16,19H,1-2H3. The number of hydrogen-bond donors (Lipinski definition) is 1. The average molecular weight is 331 g/mol. The molecule has 0 radical (unpaired) electrons. The second-order valence-corrected chi connectivity index (χ2v) is 5.31. The highest BCUT2D eigenvalue weighted by Gasteiger charge is 2.14. The van der Waals surface area contributed by atoms with E-state index in [-0.39, 0.29) is 0 Å².